The predicted octanol–water partition coefficient (Wildman–Crippen LogP) is 1.57. The van der Waals surface area contributed by atoms with Crippen LogP contribution >= 0.6 is 0 Å². The van der Waals surface area contributed by atoms with Crippen molar-refractivity contribution in [3.63, 3.8) is 0 Å². The van der Waals surface area contributed by atoms with Crippen LogP contribution in [-0.2, 0) is 4.74 Å². The standard InChI is InChI=1S/C17H21NO3/c1-17(2)14(11-15(17)21-3)18-16(20)13-9-5-4-7-12(13)8-6-10-19/h4-5,7,9,14-15,19H,10-11H2,1-3H3,(H,18,20). The van der Waals surface area contributed by atoms with Crippen LogP contribution in [-0.4, -0.2) is 36.9 Å². The molecule has 0 bridgehead atoms. The second-order valence-electron chi connectivity index (χ2n) is 5.81. The second-order valence-corrected chi connectivity index (χ2v) is 5.81. The molecule has 4 heteroatoms. The summed E-state index contributed by atoms with van der Waals surface area (Å²) in [5.74, 6) is 5.25. The molecular weight excluding hydrogens is 266 g/mol. The summed E-state index contributed by atoms with van der Waals surface area (Å²) in [4.78, 5) is 12.4. The van der Waals surface area contributed by atoms with Crippen LogP contribution in [0.4, 0.5) is 0 Å². The fourth-order valence-corrected chi connectivity index (χ4v) is 2.69. The maximum absolute atomic E-state index is 12.4. The SMILES string of the molecule is COC1CC(NC(=O)c2ccccc2C#CCO)C1(C)C. The molecule has 1 saturated carbocycles. The summed E-state index contributed by atoms with van der Waals surface area (Å²) >= 11 is 0. The lowest BCUT2D eigenvalue weighted by atomic mass is 9.64. The summed E-state index contributed by atoms with van der Waals surface area (Å²) in [6.45, 7) is 3.96. The quantitative estimate of drug-likeness (QED) is 0.830. The monoisotopic (exact) mass is 287 g/mol. The number of aliphatic hydroxyl groups is 1. The number of aliphatic hydroxyl groups excluding tert-OH is 1. The largest absolute Gasteiger partial charge is 0.384 e. The minimum Gasteiger partial charge on any atom is -0.384 e. The van der Waals surface area contributed by atoms with Gasteiger partial charge in [-0.2, -0.15) is 0 Å². The molecule has 1 aliphatic carbocycles. The van der Waals surface area contributed by atoms with Gasteiger partial charge < -0.3 is 15.2 Å². The molecule has 1 amide bonds. The van der Waals surface area contributed by atoms with Gasteiger partial charge in [0.15, 0.2) is 0 Å². The third-order valence-electron chi connectivity index (χ3n) is 4.24. The van der Waals surface area contributed by atoms with Crippen molar-refractivity contribution in [1.82, 2.24) is 5.32 Å². The zero-order valence-electron chi connectivity index (χ0n) is 12.6. The van der Waals surface area contributed by atoms with Crippen LogP contribution in [0.3, 0.4) is 0 Å². The van der Waals surface area contributed by atoms with Gasteiger partial charge in [0.2, 0.25) is 0 Å². The van der Waals surface area contributed by atoms with Gasteiger partial charge in [-0.25, -0.2) is 0 Å². The smallest absolute Gasteiger partial charge is 0.252 e. The molecule has 1 aliphatic rings. The van der Waals surface area contributed by atoms with Gasteiger partial charge in [-0.3, -0.25) is 4.79 Å². The molecule has 2 atom stereocenters. The highest BCUT2D eigenvalue weighted by atomic mass is 16.5. The van der Waals surface area contributed by atoms with E-state index in [1.807, 2.05) is 12.1 Å². The average Bonchev–Trinajstić information content (AvgIpc) is 2.48. The Hall–Kier alpha value is -1.83. The Morgan fingerprint density at radius 3 is 2.81 bits per heavy atom. The zero-order chi connectivity index (χ0) is 15.5. The maximum atomic E-state index is 12.4. The van der Waals surface area contributed by atoms with Crippen LogP contribution in [0.15, 0.2) is 24.3 Å². The van der Waals surface area contributed by atoms with Crippen molar-refractivity contribution >= 4 is 5.91 Å². The molecule has 112 valence electrons. The number of rotatable bonds is 3. The number of carbonyl (C=O) groups is 1. The fourth-order valence-electron chi connectivity index (χ4n) is 2.69. The molecule has 0 spiro atoms. The molecule has 1 aromatic rings. The second kappa shape index (κ2) is 6.30. The predicted molar refractivity (Wildman–Crippen MR) is 80.9 cm³/mol. The number of carbonyl (C=O) groups excluding carboxylic acids is 1. The van der Waals surface area contributed by atoms with E-state index in [4.69, 9.17) is 9.84 Å². The summed E-state index contributed by atoms with van der Waals surface area (Å²) in [6.07, 6.45) is 0.993. The molecular formula is C17H21NO3. The molecule has 0 aromatic heterocycles. The molecule has 0 heterocycles. The Morgan fingerprint density at radius 1 is 1.48 bits per heavy atom. The van der Waals surface area contributed by atoms with E-state index in [0.717, 1.165) is 6.42 Å². The third kappa shape index (κ3) is 3.10. The first-order chi connectivity index (χ1) is 10.0. The summed E-state index contributed by atoms with van der Waals surface area (Å²) in [5.41, 5.74) is 1.09. The molecule has 0 radical (unpaired) electrons. The lowest BCUT2D eigenvalue weighted by molar-refractivity contribution is -0.0942. The molecule has 4 nitrogen and oxygen atoms in total. The number of amides is 1. The Balaban J connectivity index is 2.12. The van der Waals surface area contributed by atoms with Crippen molar-refractivity contribution in [2.24, 2.45) is 5.41 Å². The number of hydrogen-bond donors (Lipinski definition) is 2. The van der Waals surface area contributed by atoms with Crippen LogP contribution in [0.2, 0.25) is 0 Å². The van der Waals surface area contributed by atoms with Gasteiger partial charge >= 0.3 is 0 Å². The minimum absolute atomic E-state index is 0.0733. The average molecular weight is 287 g/mol. The molecule has 0 saturated heterocycles. The van der Waals surface area contributed by atoms with Crippen LogP contribution in [0.25, 0.3) is 0 Å². The highest BCUT2D eigenvalue weighted by molar-refractivity contribution is 5.97. The van der Waals surface area contributed by atoms with E-state index in [1.165, 1.54) is 0 Å². The van der Waals surface area contributed by atoms with Crippen molar-refractivity contribution in [1.29, 1.82) is 0 Å². The van der Waals surface area contributed by atoms with Gasteiger partial charge in [0.1, 0.15) is 6.61 Å². The van der Waals surface area contributed by atoms with Crippen LogP contribution in [0.1, 0.15) is 36.2 Å². The van der Waals surface area contributed by atoms with Gasteiger partial charge in [0.25, 0.3) is 5.91 Å². The zero-order valence-corrected chi connectivity index (χ0v) is 12.6. The molecule has 2 N–H and O–H groups in total. The van der Waals surface area contributed by atoms with Gasteiger partial charge in [0.05, 0.1) is 11.7 Å². The molecule has 0 aliphatic heterocycles. The molecule has 2 rings (SSSR count). The highest BCUT2D eigenvalue weighted by Crippen LogP contribution is 2.42. The molecule has 21 heavy (non-hydrogen) atoms. The summed E-state index contributed by atoms with van der Waals surface area (Å²) in [6, 6.07) is 7.25. The van der Waals surface area contributed by atoms with E-state index in [1.54, 1.807) is 19.2 Å². The van der Waals surface area contributed by atoms with E-state index >= 15 is 0 Å². The lowest BCUT2D eigenvalue weighted by Gasteiger charge is -2.51. The van der Waals surface area contributed by atoms with Crippen LogP contribution in [0.5, 0.6) is 0 Å². The van der Waals surface area contributed by atoms with Crippen molar-refractivity contribution in [2.45, 2.75) is 32.4 Å². The Bertz CT molecular complexity index is 583. The van der Waals surface area contributed by atoms with Crippen molar-refractivity contribution < 1.29 is 14.6 Å². The Morgan fingerprint density at radius 2 is 2.19 bits per heavy atom. The van der Waals surface area contributed by atoms with Crippen molar-refractivity contribution in [2.75, 3.05) is 13.7 Å². The van der Waals surface area contributed by atoms with E-state index in [-0.39, 0.29) is 30.1 Å². The van der Waals surface area contributed by atoms with E-state index < -0.39 is 0 Å². The number of hydrogen-bond acceptors (Lipinski definition) is 3. The maximum Gasteiger partial charge on any atom is 0.252 e. The van der Waals surface area contributed by atoms with Gasteiger partial charge in [-0.15, -0.1) is 0 Å². The number of ether oxygens (including phenoxy) is 1. The molecule has 2 unspecified atom stereocenters. The number of nitrogens with one attached hydrogen (secondary N) is 1. The summed E-state index contributed by atoms with van der Waals surface area (Å²) in [7, 11) is 1.70. The minimum atomic E-state index is -0.221. The van der Waals surface area contributed by atoms with Crippen molar-refractivity contribution in [3.8, 4) is 11.8 Å². The lowest BCUT2D eigenvalue weighted by Crippen LogP contribution is -2.61. The van der Waals surface area contributed by atoms with Gasteiger partial charge in [-0.1, -0.05) is 37.8 Å². The van der Waals surface area contributed by atoms with Crippen LogP contribution in [0, 0.1) is 17.3 Å². The number of benzene rings is 1. The van der Waals surface area contributed by atoms with Crippen LogP contribution < -0.4 is 5.32 Å². The Labute approximate surface area is 125 Å². The first kappa shape index (κ1) is 15.6. The van der Waals surface area contributed by atoms with Gasteiger partial charge in [0, 0.05) is 24.1 Å². The van der Waals surface area contributed by atoms with Crippen molar-refractivity contribution in [3.05, 3.63) is 35.4 Å². The van der Waals surface area contributed by atoms with E-state index in [9.17, 15) is 4.79 Å². The van der Waals surface area contributed by atoms with E-state index in [2.05, 4.69) is 31.0 Å². The van der Waals surface area contributed by atoms with E-state index in [0.29, 0.717) is 11.1 Å². The molecule has 1 fully saturated rings. The first-order valence-corrected chi connectivity index (χ1v) is 7.03. The normalized spacial score (nSPS) is 22.7. The topological polar surface area (TPSA) is 58.6 Å². The number of methoxy groups -OCH3 is 1. The Kier molecular flexibility index (Phi) is 4.66. The summed E-state index contributed by atoms with van der Waals surface area (Å²) < 4.78 is 5.39. The first-order valence-electron chi connectivity index (χ1n) is 7.03. The molecule has 1 aromatic carbocycles. The summed E-state index contributed by atoms with van der Waals surface area (Å²) in [5, 5.41) is 11.8. The highest BCUT2D eigenvalue weighted by Gasteiger charge is 2.49. The fraction of sp³-hybridized carbons (Fsp3) is 0.471. The third-order valence-corrected chi connectivity index (χ3v) is 4.24. The van der Waals surface area contributed by atoms with Gasteiger partial charge in [-0.05, 0) is 18.6 Å².